The monoisotopic (exact) mass is 427 g/mol. The van der Waals surface area contributed by atoms with Crippen molar-refractivity contribution >= 4 is 5.97 Å². The van der Waals surface area contributed by atoms with Crippen LogP contribution < -0.4 is 5.32 Å². The summed E-state index contributed by atoms with van der Waals surface area (Å²) in [7, 11) is 0. The van der Waals surface area contributed by atoms with Crippen LogP contribution in [0.25, 0.3) is 5.82 Å². The number of cyclic esters (lactones) is 1. The number of tetrazole rings is 1. The summed E-state index contributed by atoms with van der Waals surface area (Å²) in [6.07, 6.45) is 7.95. The minimum Gasteiger partial charge on any atom is -0.456 e. The van der Waals surface area contributed by atoms with Crippen LogP contribution in [0.5, 0.6) is 0 Å². The molecule has 4 rings (SSSR count). The largest absolute Gasteiger partial charge is 0.456 e. The number of carbonyl (C=O) groups excluding carboxylic acids is 1. The van der Waals surface area contributed by atoms with Crippen molar-refractivity contribution in [1.82, 2.24) is 40.7 Å². The molecule has 12 heteroatoms. The first-order valence-electron chi connectivity index (χ1n) is 10.4. The van der Waals surface area contributed by atoms with Crippen molar-refractivity contribution in [2.75, 3.05) is 6.61 Å². The van der Waals surface area contributed by atoms with Gasteiger partial charge in [0.2, 0.25) is 0 Å². The number of rotatable bonds is 9. The molecule has 164 valence electrons. The van der Waals surface area contributed by atoms with E-state index in [9.17, 15) is 9.70 Å². The Kier molecular flexibility index (Phi) is 6.55. The number of hydrogen-bond acceptors (Lipinski definition) is 10. The van der Waals surface area contributed by atoms with E-state index in [-0.39, 0.29) is 12.6 Å². The number of esters is 1. The molecular formula is C19H25N9O3. The molecule has 0 radical (unpaired) electrons. The van der Waals surface area contributed by atoms with Gasteiger partial charge in [0.1, 0.15) is 12.9 Å². The topological polar surface area (TPSA) is 140 Å². The summed E-state index contributed by atoms with van der Waals surface area (Å²) in [5, 5.41) is 27.4. The van der Waals surface area contributed by atoms with Gasteiger partial charge in [0.15, 0.2) is 5.82 Å². The summed E-state index contributed by atoms with van der Waals surface area (Å²) in [6, 6.07) is 4.11. The van der Waals surface area contributed by atoms with E-state index in [1.165, 1.54) is 22.1 Å². The Labute approximate surface area is 179 Å². The van der Waals surface area contributed by atoms with E-state index in [1.54, 1.807) is 0 Å². The van der Waals surface area contributed by atoms with E-state index in [2.05, 4.69) is 36.3 Å². The van der Waals surface area contributed by atoms with Crippen molar-refractivity contribution in [2.24, 2.45) is 11.2 Å². The highest BCUT2D eigenvalue weighted by Gasteiger charge is 2.28. The first-order chi connectivity index (χ1) is 15.1. The number of nitroso groups, excluding NO2 is 1. The highest BCUT2D eigenvalue weighted by atomic mass is 16.5. The van der Waals surface area contributed by atoms with E-state index in [4.69, 9.17) is 4.74 Å². The fourth-order valence-electron chi connectivity index (χ4n) is 4.18. The van der Waals surface area contributed by atoms with Crippen molar-refractivity contribution in [2.45, 2.75) is 57.7 Å². The van der Waals surface area contributed by atoms with Gasteiger partial charge >= 0.3 is 5.97 Å². The normalized spacial score (nSPS) is 22.0. The Bertz CT molecular complexity index is 908. The maximum Gasteiger partial charge on any atom is 0.333 e. The third-order valence-electron chi connectivity index (χ3n) is 5.83. The van der Waals surface area contributed by atoms with Gasteiger partial charge < -0.3 is 10.1 Å². The molecule has 0 aromatic carbocycles. The van der Waals surface area contributed by atoms with Crippen LogP contribution in [0.1, 0.15) is 44.7 Å². The smallest absolute Gasteiger partial charge is 0.333 e. The van der Waals surface area contributed by atoms with E-state index in [0.29, 0.717) is 30.0 Å². The fraction of sp³-hybridized carbons (Fsp3) is 0.579. The zero-order valence-corrected chi connectivity index (χ0v) is 17.3. The predicted octanol–water partition coefficient (Wildman–Crippen LogP) is 1.30. The molecule has 2 aromatic heterocycles. The second-order valence-electron chi connectivity index (χ2n) is 7.99. The fourth-order valence-corrected chi connectivity index (χ4v) is 4.18. The maximum atomic E-state index is 11.3. The van der Waals surface area contributed by atoms with E-state index < -0.39 is 5.97 Å². The second kappa shape index (κ2) is 9.69. The molecule has 1 fully saturated rings. The van der Waals surface area contributed by atoms with Crippen molar-refractivity contribution in [3.05, 3.63) is 40.8 Å². The van der Waals surface area contributed by atoms with Crippen LogP contribution in [0, 0.1) is 10.8 Å². The minimum atomic E-state index is -0.419. The molecule has 0 spiro atoms. The van der Waals surface area contributed by atoms with E-state index >= 15 is 0 Å². The molecular weight excluding hydrogens is 402 g/mol. The van der Waals surface area contributed by atoms with Gasteiger partial charge in [0.05, 0.1) is 22.7 Å². The summed E-state index contributed by atoms with van der Waals surface area (Å²) >= 11 is 0. The molecule has 1 aliphatic heterocycles. The summed E-state index contributed by atoms with van der Waals surface area (Å²) < 4.78 is 6.35. The standard InChI is InChI=1S/C19H25N9O3/c1-13(28(26-30)17-9-19(29)31-11-17)8-14-2-4-15(5-3-14)20-10-16-6-7-18(23-22-16)27-12-21-24-25-27/h6-7,9,12-15,20H,2-5,8,10-11H2,1H3/t13-,14?,15?/m0/s1. The molecule has 2 aliphatic rings. The highest BCUT2D eigenvalue weighted by Crippen LogP contribution is 2.30. The van der Waals surface area contributed by atoms with Gasteiger partial charge in [0, 0.05) is 18.7 Å². The molecule has 12 nitrogen and oxygen atoms in total. The van der Waals surface area contributed by atoms with Crippen molar-refractivity contribution in [3.63, 3.8) is 0 Å². The van der Waals surface area contributed by atoms with E-state index in [0.717, 1.165) is 37.8 Å². The summed E-state index contributed by atoms with van der Waals surface area (Å²) in [5.74, 6) is 0.676. The van der Waals surface area contributed by atoms with Gasteiger partial charge in [0.25, 0.3) is 0 Å². The number of nitrogens with zero attached hydrogens (tertiary/aromatic N) is 8. The van der Waals surface area contributed by atoms with Gasteiger partial charge in [-0.1, -0.05) is 0 Å². The number of aromatic nitrogens is 6. The van der Waals surface area contributed by atoms with Crippen molar-refractivity contribution in [3.8, 4) is 5.82 Å². The lowest BCUT2D eigenvalue weighted by atomic mass is 9.82. The van der Waals surface area contributed by atoms with Gasteiger partial charge in [-0.25, -0.2) is 9.80 Å². The maximum absolute atomic E-state index is 11.3. The lowest BCUT2D eigenvalue weighted by Crippen LogP contribution is -2.35. The van der Waals surface area contributed by atoms with Crippen LogP contribution in [-0.2, 0) is 16.1 Å². The van der Waals surface area contributed by atoms with Gasteiger partial charge in [-0.2, -0.15) is 9.78 Å². The SMILES string of the molecule is C[C@@H](CC1CCC(NCc2ccc(-n3cnnn3)nn2)CC1)N(N=O)C1=CC(=O)OC1. The molecule has 1 N–H and O–H groups in total. The van der Waals surface area contributed by atoms with Crippen molar-refractivity contribution in [1.29, 1.82) is 0 Å². The molecule has 2 aromatic rings. The predicted molar refractivity (Wildman–Crippen MR) is 108 cm³/mol. The van der Waals surface area contributed by atoms with Crippen molar-refractivity contribution < 1.29 is 9.53 Å². The van der Waals surface area contributed by atoms with Crippen LogP contribution in [0.15, 0.2) is 35.5 Å². The lowest BCUT2D eigenvalue weighted by Gasteiger charge is -2.32. The summed E-state index contributed by atoms with van der Waals surface area (Å²) in [6.45, 7) is 2.73. The third-order valence-corrected chi connectivity index (χ3v) is 5.83. The minimum absolute atomic E-state index is 0.0678. The average Bonchev–Trinajstić information content (AvgIpc) is 3.47. The Morgan fingerprint density at radius 1 is 1.29 bits per heavy atom. The Balaban J connectivity index is 1.20. The number of carbonyl (C=O) groups is 1. The number of hydrogen-bond donors (Lipinski definition) is 1. The van der Waals surface area contributed by atoms with Gasteiger partial charge in [-0.05, 0) is 67.5 Å². The van der Waals surface area contributed by atoms with Crippen LogP contribution >= 0.6 is 0 Å². The molecule has 0 amide bonds. The molecule has 0 bridgehead atoms. The van der Waals surface area contributed by atoms with Crippen LogP contribution in [0.2, 0.25) is 0 Å². The second-order valence-corrected chi connectivity index (χ2v) is 7.99. The number of ether oxygens (including phenoxy) is 1. The summed E-state index contributed by atoms with van der Waals surface area (Å²) in [4.78, 5) is 22.5. The molecule has 0 saturated heterocycles. The van der Waals surface area contributed by atoms with Gasteiger partial charge in [-0.15, -0.1) is 15.1 Å². The van der Waals surface area contributed by atoms with Crippen LogP contribution in [0.4, 0.5) is 0 Å². The molecule has 1 atom stereocenters. The first-order valence-corrected chi connectivity index (χ1v) is 10.4. The molecule has 1 aliphatic carbocycles. The lowest BCUT2D eigenvalue weighted by molar-refractivity contribution is -0.135. The van der Waals surface area contributed by atoms with Crippen LogP contribution in [-0.4, -0.2) is 60.1 Å². The zero-order chi connectivity index (χ0) is 21.6. The summed E-state index contributed by atoms with van der Waals surface area (Å²) in [5.41, 5.74) is 1.40. The number of nitrogens with one attached hydrogen (secondary N) is 1. The molecule has 0 unspecified atom stereocenters. The highest BCUT2D eigenvalue weighted by molar-refractivity contribution is 5.85. The Morgan fingerprint density at radius 3 is 2.74 bits per heavy atom. The first kappa shape index (κ1) is 21.0. The average molecular weight is 427 g/mol. The Morgan fingerprint density at radius 2 is 2.13 bits per heavy atom. The molecule has 31 heavy (non-hydrogen) atoms. The van der Waals surface area contributed by atoms with E-state index in [1.807, 2.05) is 19.1 Å². The van der Waals surface area contributed by atoms with Crippen LogP contribution in [0.3, 0.4) is 0 Å². The third kappa shape index (κ3) is 5.26. The molecule has 1 saturated carbocycles. The van der Waals surface area contributed by atoms with Gasteiger partial charge in [-0.3, -0.25) is 0 Å². The quantitative estimate of drug-likeness (QED) is 0.354. The molecule has 3 heterocycles. The zero-order valence-electron chi connectivity index (χ0n) is 17.3. The Hall–Kier alpha value is -3.28.